The fraction of sp³-hybridized carbons (Fsp3) is 0.333. The van der Waals surface area contributed by atoms with Crippen LogP contribution in [0.5, 0.6) is 0 Å². The van der Waals surface area contributed by atoms with Gasteiger partial charge in [0.2, 0.25) is 0 Å². The second kappa shape index (κ2) is 9.82. The molecule has 0 bridgehead atoms. The maximum Gasteiger partial charge on any atom is 0.282 e. The molecule has 2 aromatic carbocycles. The zero-order chi connectivity index (χ0) is 20.8. The molecule has 0 saturated carbocycles. The maximum atomic E-state index is 12.9. The lowest BCUT2D eigenvalue weighted by Crippen LogP contribution is -3.30. The number of rotatable bonds is 6. The minimum Gasteiger partial charge on any atom is -0.321 e. The third-order valence-corrected chi connectivity index (χ3v) is 5.47. The molecule has 1 atom stereocenters. The van der Waals surface area contributed by atoms with E-state index >= 15 is 0 Å². The number of nitrogens with one attached hydrogen (secondary N) is 4. The first kappa shape index (κ1) is 21.2. The predicted molar refractivity (Wildman–Crippen MR) is 111 cm³/mol. The van der Waals surface area contributed by atoms with Crippen molar-refractivity contribution < 1.29 is 23.8 Å². The third kappa shape index (κ3) is 6.25. The van der Waals surface area contributed by atoms with Crippen LogP contribution in [0, 0.1) is 5.82 Å². The molecule has 2 amide bonds. The number of carbonyl (C=O) groups excluding carboxylic acids is 2. The summed E-state index contributed by atoms with van der Waals surface area (Å²) in [5.74, 6) is -0.470. The Bertz CT molecular complexity index is 854. The summed E-state index contributed by atoms with van der Waals surface area (Å²) in [5, 5.41) is 6.29. The fourth-order valence-electron chi connectivity index (χ4n) is 3.50. The Balaban J connectivity index is 1.43. The molecule has 0 radical (unpaired) electrons. The molecule has 1 saturated heterocycles. The van der Waals surface area contributed by atoms with Crippen molar-refractivity contribution in [1.29, 1.82) is 0 Å². The van der Waals surface area contributed by atoms with Gasteiger partial charge in [0, 0.05) is 16.4 Å². The van der Waals surface area contributed by atoms with Crippen molar-refractivity contribution >= 4 is 34.8 Å². The van der Waals surface area contributed by atoms with Crippen molar-refractivity contribution in [2.75, 3.05) is 43.4 Å². The van der Waals surface area contributed by atoms with E-state index in [0.717, 1.165) is 26.2 Å². The van der Waals surface area contributed by atoms with E-state index in [-0.39, 0.29) is 23.7 Å². The summed E-state index contributed by atoms with van der Waals surface area (Å²) in [7, 11) is 0. The molecule has 6 nitrogen and oxygen atoms in total. The molecule has 1 aliphatic rings. The van der Waals surface area contributed by atoms with E-state index < -0.39 is 0 Å². The average Bonchev–Trinajstić information content (AvgIpc) is 2.70. The van der Waals surface area contributed by atoms with Crippen LogP contribution in [-0.2, 0) is 9.59 Å². The summed E-state index contributed by atoms with van der Waals surface area (Å²) in [4.78, 5) is 27.1. The quantitative estimate of drug-likeness (QED) is 0.540. The van der Waals surface area contributed by atoms with Crippen molar-refractivity contribution in [3.8, 4) is 0 Å². The van der Waals surface area contributed by atoms with E-state index in [1.54, 1.807) is 30.3 Å². The van der Waals surface area contributed by atoms with Gasteiger partial charge < -0.3 is 20.4 Å². The Hall–Kier alpha value is -2.48. The number of quaternary nitrogens is 2. The highest BCUT2D eigenvalue weighted by Crippen LogP contribution is 2.14. The number of anilines is 2. The molecule has 3 rings (SSSR count). The van der Waals surface area contributed by atoms with Crippen LogP contribution in [0.3, 0.4) is 0 Å². The van der Waals surface area contributed by atoms with Gasteiger partial charge >= 0.3 is 0 Å². The molecule has 29 heavy (non-hydrogen) atoms. The Kier molecular flexibility index (Phi) is 7.19. The lowest BCUT2D eigenvalue weighted by molar-refractivity contribution is -1.01. The van der Waals surface area contributed by atoms with E-state index in [1.165, 1.54) is 21.9 Å². The average molecular weight is 421 g/mol. The number of hydrogen-bond donors (Lipinski definition) is 4. The molecule has 0 aliphatic carbocycles. The second-order valence-electron chi connectivity index (χ2n) is 7.36. The molecular weight excluding hydrogens is 395 g/mol. The van der Waals surface area contributed by atoms with E-state index in [2.05, 4.69) is 10.6 Å². The molecule has 0 spiro atoms. The Morgan fingerprint density at radius 3 is 2.38 bits per heavy atom. The predicted octanol–water partition coefficient (Wildman–Crippen LogP) is 0.228. The van der Waals surface area contributed by atoms with Crippen LogP contribution >= 0.6 is 11.6 Å². The molecule has 0 aromatic heterocycles. The first-order valence-corrected chi connectivity index (χ1v) is 10.1. The standard InChI is InChI=1S/C21H24ClFN4O2/c1-15(21(29)25-19-4-2-3-16(22)13-19)27-11-9-26(10-12-27)14-20(28)24-18-7-5-17(23)6-8-18/h2-8,13,15H,9-12,14H2,1H3,(H,24,28)(H,25,29)/p+2/t15-/m1/s1. The summed E-state index contributed by atoms with van der Waals surface area (Å²) >= 11 is 5.96. The van der Waals surface area contributed by atoms with Gasteiger partial charge in [-0.2, -0.15) is 0 Å². The minimum atomic E-state index is -0.332. The van der Waals surface area contributed by atoms with Gasteiger partial charge in [-0.05, 0) is 49.4 Å². The van der Waals surface area contributed by atoms with Crippen LogP contribution in [0.1, 0.15) is 6.92 Å². The largest absolute Gasteiger partial charge is 0.321 e. The van der Waals surface area contributed by atoms with Gasteiger partial charge in [-0.3, -0.25) is 9.59 Å². The molecule has 1 fully saturated rings. The van der Waals surface area contributed by atoms with E-state index in [9.17, 15) is 14.0 Å². The van der Waals surface area contributed by atoms with Gasteiger partial charge in [-0.15, -0.1) is 0 Å². The fourth-order valence-corrected chi connectivity index (χ4v) is 3.69. The first-order valence-electron chi connectivity index (χ1n) is 9.70. The normalized spacial score (nSPS) is 20.0. The van der Waals surface area contributed by atoms with E-state index in [1.807, 2.05) is 13.0 Å². The Morgan fingerprint density at radius 2 is 1.72 bits per heavy atom. The lowest BCUT2D eigenvalue weighted by atomic mass is 10.2. The minimum absolute atomic E-state index is 0.0419. The van der Waals surface area contributed by atoms with E-state index in [4.69, 9.17) is 11.6 Å². The molecule has 8 heteroatoms. The lowest BCUT2D eigenvalue weighted by Gasteiger charge is -2.32. The first-order chi connectivity index (χ1) is 13.9. The van der Waals surface area contributed by atoms with Crippen molar-refractivity contribution in [3.05, 3.63) is 59.4 Å². The molecule has 1 aliphatic heterocycles. The van der Waals surface area contributed by atoms with Crippen LogP contribution in [0.2, 0.25) is 5.02 Å². The molecular formula is C21H26ClFN4O2+2. The summed E-state index contributed by atoms with van der Waals surface area (Å²) in [5.41, 5.74) is 1.28. The van der Waals surface area contributed by atoms with Crippen molar-refractivity contribution in [3.63, 3.8) is 0 Å². The van der Waals surface area contributed by atoms with Gasteiger partial charge in [0.15, 0.2) is 12.6 Å². The maximum absolute atomic E-state index is 12.9. The van der Waals surface area contributed by atoms with Gasteiger partial charge in [0.05, 0.1) is 0 Å². The van der Waals surface area contributed by atoms with E-state index in [0.29, 0.717) is 22.9 Å². The van der Waals surface area contributed by atoms with Crippen molar-refractivity contribution in [2.45, 2.75) is 13.0 Å². The van der Waals surface area contributed by atoms with Crippen LogP contribution in [0.15, 0.2) is 48.5 Å². The highest BCUT2D eigenvalue weighted by atomic mass is 35.5. The van der Waals surface area contributed by atoms with Crippen LogP contribution < -0.4 is 20.4 Å². The topological polar surface area (TPSA) is 67.1 Å². The van der Waals surface area contributed by atoms with Crippen LogP contribution in [0.25, 0.3) is 0 Å². The van der Waals surface area contributed by atoms with Crippen LogP contribution in [-0.4, -0.2) is 50.6 Å². The van der Waals surface area contributed by atoms with Crippen LogP contribution in [0.4, 0.5) is 15.8 Å². The Morgan fingerprint density at radius 1 is 1.03 bits per heavy atom. The zero-order valence-corrected chi connectivity index (χ0v) is 17.1. The molecule has 154 valence electrons. The highest BCUT2D eigenvalue weighted by Gasteiger charge is 2.31. The van der Waals surface area contributed by atoms with Gasteiger partial charge in [-0.1, -0.05) is 17.7 Å². The van der Waals surface area contributed by atoms with Gasteiger partial charge in [-0.25, -0.2) is 4.39 Å². The van der Waals surface area contributed by atoms with Crippen molar-refractivity contribution in [1.82, 2.24) is 0 Å². The summed E-state index contributed by atoms with van der Waals surface area (Å²) < 4.78 is 12.9. The number of benzene rings is 2. The monoisotopic (exact) mass is 420 g/mol. The molecule has 4 N–H and O–H groups in total. The van der Waals surface area contributed by atoms with Crippen molar-refractivity contribution in [2.24, 2.45) is 0 Å². The number of hydrogen-bond acceptors (Lipinski definition) is 2. The summed E-state index contributed by atoms with van der Waals surface area (Å²) in [6.45, 7) is 5.50. The second-order valence-corrected chi connectivity index (χ2v) is 7.80. The number of piperazine rings is 1. The SMILES string of the molecule is C[C@H](C(=O)Nc1cccc(Cl)c1)[NH+]1CC[NH+](CC(=O)Nc2ccc(F)cc2)CC1. The Labute approximate surface area is 174 Å². The summed E-state index contributed by atoms with van der Waals surface area (Å²) in [6.07, 6.45) is 0. The summed E-state index contributed by atoms with van der Waals surface area (Å²) in [6, 6.07) is 12.6. The molecule has 2 aromatic rings. The third-order valence-electron chi connectivity index (χ3n) is 5.24. The zero-order valence-electron chi connectivity index (χ0n) is 16.3. The number of amides is 2. The molecule has 0 unspecified atom stereocenters. The number of carbonyl (C=O) groups is 2. The molecule has 1 heterocycles. The van der Waals surface area contributed by atoms with Gasteiger partial charge in [0.1, 0.15) is 32.0 Å². The smallest absolute Gasteiger partial charge is 0.282 e. The highest BCUT2D eigenvalue weighted by molar-refractivity contribution is 6.30. The number of halogens is 2. The van der Waals surface area contributed by atoms with Gasteiger partial charge in [0.25, 0.3) is 11.8 Å².